The maximum Gasteiger partial charge on any atom is 0.142 e. The summed E-state index contributed by atoms with van der Waals surface area (Å²) in [6, 6.07) is 18.1. The third kappa shape index (κ3) is 3.43. The summed E-state index contributed by atoms with van der Waals surface area (Å²) in [6.45, 7) is 3.14. The van der Waals surface area contributed by atoms with Gasteiger partial charge in [0.05, 0.1) is 12.8 Å². The molecule has 4 nitrogen and oxygen atoms in total. The van der Waals surface area contributed by atoms with Crippen molar-refractivity contribution in [3.05, 3.63) is 60.8 Å². The van der Waals surface area contributed by atoms with Crippen LogP contribution in [0.2, 0.25) is 0 Å². The molecule has 0 aliphatic heterocycles. The lowest BCUT2D eigenvalue weighted by Gasteiger charge is -2.08. The molecule has 0 spiro atoms. The number of imidazole rings is 1. The van der Waals surface area contributed by atoms with Gasteiger partial charge in [-0.05, 0) is 31.2 Å². The lowest BCUT2D eigenvalue weighted by atomic mass is 10.2. The van der Waals surface area contributed by atoms with Crippen molar-refractivity contribution in [2.75, 3.05) is 13.7 Å². The fraction of sp³-hybridized carbons (Fsp3) is 0.211. The van der Waals surface area contributed by atoms with Gasteiger partial charge < -0.3 is 14.0 Å². The molecule has 2 aromatic carbocycles. The van der Waals surface area contributed by atoms with Crippen LogP contribution in [0.5, 0.6) is 5.75 Å². The molecule has 0 saturated heterocycles. The highest BCUT2D eigenvalue weighted by molar-refractivity contribution is 5.65. The van der Waals surface area contributed by atoms with Gasteiger partial charge in [-0.15, -0.1) is 0 Å². The number of hydrogen-bond acceptors (Lipinski definition) is 3. The molecular formula is C19H20N2O2. The molecule has 4 heteroatoms. The van der Waals surface area contributed by atoms with E-state index >= 15 is 0 Å². The second kappa shape index (κ2) is 7.11. The number of benzene rings is 2. The molecule has 0 bridgehead atoms. The number of methoxy groups -OCH3 is 1. The molecule has 118 valence electrons. The molecule has 0 radical (unpaired) electrons. The van der Waals surface area contributed by atoms with Crippen molar-refractivity contribution in [1.29, 1.82) is 0 Å². The molecule has 0 atom stereocenters. The normalized spacial score (nSPS) is 10.7. The Bertz CT molecular complexity index is 749. The van der Waals surface area contributed by atoms with Crippen molar-refractivity contribution in [3.8, 4) is 28.4 Å². The highest BCUT2D eigenvalue weighted by Crippen LogP contribution is 2.26. The van der Waals surface area contributed by atoms with Crippen molar-refractivity contribution in [1.82, 2.24) is 9.55 Å². The minimum absolute atomic E-state index is 0.484. The van der Waals surface area contributed by atoms with Gasteiger partial charge in [0.25, 0.3) is 0 Å². The first-order valence-corrected chi connectivity index (χ1v) is 7.66. The molecule has 3 rings (SSSR count). The van der Waals surface area contributed by atoms with Gasteiger partial charge >= 0.3 is 0 Å². The van der Waals surface area contributed by atoms with Crippen molar-refractivity contribution in [2.24, 2.45) is 0 Å². The summed E-state index contributed by atoms with van der Waals surface area (Å²) in [4.78, 5) is 4.80. The maximum absolute atomic E-state index is 5.57. The molecule has 3 aromatic rings. The van der Waals surface area contributed by atoms with Crippen molar-refractivity contribution in [3.63, 3.8) is 0 Å². The number of hydrogen-bond donors (Lipinski definition) is 0. The minimum atomic E-state index is 0.484. The Morgan fingerprint density at radius 2 is 1.70 bits per heavy atom. The van der Waals surface area contributed by atoms with E-state index in [0.717, 1.165) is 28.4 Å². The zero-order chi connectivity index (χ0) is 16.1. The molecule has 23 heavy (non-hydrogen) atoms. The van der Waals surface area contributed by atoms with E-state index in [1.807, 2.05) is 60.2 Å². The molecule has 0 fully saturated rings. The first-order chi connectivity index (χ1) is 11.3. The summed E-state index contributed by atoms with van der Waals surface area (Å²) in [6.07, 6.45) is 2.03. The van der Waals surface area contributed by atoms with E-state index in [9.17, 15) is 0 Å². The Morgan fingerprint density at radius 3 is 2.35 bits per heavy atom. The summed E-state index contributed by atoms with van der Waals surface area (Å²) >= 11 is 0. The van der Waals surface area contributed by atoms with Crippen molar-refractivity contribution < 1.29 is 9.47 Å². The van der Waals surface area contributed by atoms with Gasteiger partial charge in [-0.3, -0.25) is 0 Å². The standard InChI is InChI=1S/C19H20N2O2/c1-3-23-14-21-13-18(15-7-5-4-6-8-15)20-19(21)16-9-11-17(22-2)12-10-16/h4-13H,3,14H2,1-2H3. The zero-order valence-corrected chi connectivity index (χ0v) is 13.4. The second-order valence-electron chi connectivity index (χ2n) is 5.14. The molecular weight excluding hydrogens is 288 g/mol. The third-order valence-electron chi connectivity index (χ3n) is 3.63. The SMILES string of the molecule is CCOCn1cc(-c2ccccc2)nc1-c1ccc(OC)cc1. The molecule has 0 aliphatic rings. The highest BCUT2D eigenvalue weighted by Gasteiger charge is 2.11. The number of aromatic nitrogens is 2. The van der Waals surface area contributed by atoms with E-state index < -0.39 is 0 Å². The Labute approximate surface area is 136 Å². The smallest absolute Gasteiger partial charge is 0.142 e. The van der Waals surface area contributed by atoms with Crippen LogP contribution in [0.4, 0.5) is 0 Å². The topological polar surface area (TPSA) is 36.3 Å². The van der Waals surface area contributed by atoms with Crippen LogP contribution in [0.15, 0.2) is 60.8 Å². The lowest BCUT2D eigenvalue weighted by molar-refractivity contribution is 0.0889. The van der Waals surface area contributed by atoms with Gasteiger partial charge in [0.2, 0.25) is 0 Å². The quantitative estimate of drug-likeness (QED) is 0.684. The van der Waals surface area contributed by atoms with Crippen molar-refractivity contribution in [2.45, 2.75) is 13.7 Å². The minimum Gasteiger partial charge on any atom is -0.497 e. The van der Waals surface area contributed by atoms with E-state index in [-0.39, 0.29) is 0 Å². The predicted octanol–water partition coefficient (Wildman–Crippen LogP) is 4.22. The van der Waals surface area contributed by atoms with Crippen LogP contribution in [-0.4, -0.2) is 23.3 Å². The van der Waals surface area contributed by atoms with Gasteiger partial charge in [-0.1, -0.05) is 30.3 Å². The first kappa shape index (κ1) is 15.3. The van der Waals surface area contributed by atoms with Crippen LogP contribution in [0.1, 0.15) is 6.92 Å². The molecule has 0 N–H and O–H groups in total. The Kier molecular flexibility index (Phi) is 4.74. The summed E-state index contributed by atoms with van der Waals surface area (Å²) in [5.41, 5.74) is 3.07. The van der Waals surface area contributed by atoms with Gasteiger partial charge in [0.1, 0.15) is 18.3 Å². The monoisotopic (exact) mass is 308 g/mol. The Balaban J connectivity index is 2.00. The first-order valence-electron chi connectivity index (χ1n) is 7.66. The number of rotatable bonds is 6. The molecule has 1 heterocycles. The van der Waals surface area contributed by atoms with E-state index in [4.69, 9.17) is 14.5 Å². The van der Waals surface area contributed by atoms with E-state index in [0.29, 0.717) is 13.3 Å². The fourth-order valence-corrected chi connectivity index (χ4v) is 2.42. The lowest BCUT2D eigenvalue weighted by Crippen LogP contribution is -2.03. The van der Waals surface area contributed by atoms with Gasteiger partial charge in [-0.2, -0.15) is 0 Å². The van der Waals surface area contributed by atoms with Crippen LogP contribution in [-0.2, 0) is 11.5 Å². The molecule has 0 saturated carbocycles. The Hall–Kier alpha value is -2.59. The highest BCUT2D eigenvalue weighted by atomic mass is 16.5. The summed E-state index contributed by atoms with van der Waals surface area (Å²) in [5.74, 6) is 1.72. The van der Waals surface area contributed by atoms with E-state index in [1.165, 1.54) is 0 Å². The predicted molar refractivity (Wildman–Crippen MR) is 91.3 cm³/mol. The summed E-state index contributed by atoms with van der Waals surface area (Å²) in [5, 5.41) is 0. The average molecular weight is 308 g/mol. The van der Waals surface area contributed by atoms with Crippen LogP contribution >= 0.6 is 0 Å². The largest absolute Gasteiger partial charge is 0.497 e. The molecule has 1 aromatic heterocycles. The third-order valence-corrected chi connectivity index (χ3v) is 3.63. The number of ether oxygens (including phenoxy) is 2. The van der Waals surface area contributed by atoms with Crippen LogP contribution in [0.25, 0.3) is 22.6 Å². The zero-order valence-electron chi connectivity index (χ0n) is 13.4. The average Bonchev–Trinajstić information content (AvgIpc) is 3.05. The van der Waals surface area contributed by atoms with Gasteiger partial charge in [0, 0.05) is 23.9 Å². The molecule has 0 amide bonds. The maximum atomic E-state index is 5.57. The molecule has 0 unspecified atom stereocenters. The van der Waals surface area contributed by atoms with Crippen LogP contribution in [0, 0.1) is 0 Å². The fourth-order valence-electron chi connectivity index (χ4n) is 2.42. The van der Waals surface area contributed by atoms with Gasteiger partial charge in [0.15, 0.2) is 0 Å². The second-order valence-corrected chi connectivity index (χ2v) is 5.14. The Morgan fingerprint density at radius 1 is 0.957 bits per heavy atom. The van der Waals surface area contributed by atoms with Crippen molar-refractivity contribution >= 4 is 0 Å². The van der Waals surface area contributed by atoms with E-state index in [2.05, 4.69) is 12.1 Å². The summed E-state index contributed by atoms with van der Waals surface area (Å²) in [7, 11) is 1.67. The molecule has 0 aliphatic carbocycles. The van der Waals surface area contributed by atoms with E-state index in [1.54, 1.807) is 7.11 Å². The van der Waals surface area contributed by atoms with Crippen LogP contribution in [0.3, 0.4) is 0 Å². The summed E-state index contributed by atoms with van der Waals surface area (Å²) < 4.78 is 12.8. The van der Waals surface area contributed by atoms with Crippen LogP contribution < -0.4 is 4.74 Å². The van der Waals surface area contributed by atoms with Gasteiger partial charge in [-0.25, -0.2) is 4.98 Å². The number of nitrogens with zero attached hydrogens (tertiary/aromatic N) is 2.